The van der Waals surface area contributed by atoms with Crippen LogP contribution in [-0.2, 0) is 11.3 Å². The molecular formula is C22H25N3O5S. The van der Waals surface area contributed by atoms with Gasteiger partial charge in [0.1, 0.15) is 11.5 Å². The summed E-state index contributed by atoms with van der Waals surface area (Å²) in [6.07, 6.45) is 1.98. The fourth-order valence-electron chi connectivity index (χ4n) is 2.69. The van der Waals surface area contributed by atoms with Crippen molar-refractivity contribution < 1.29 is 23.5 Å². The van der Waals surface area contributed by atoms with Gasteiger partial charge in [-0.1, -0.05) is 13.3 Å². The summed E-state index contributed by atoms with van der Waals surface area (Å²) in [5, 5.41) is 7.71. The number of anilines is 1. The summed E-state index contributed by atoms with van der Waals surface area (Å²) >= 11 is 1.29. The highest BCUT2D eigenvalue weighted by molar-refractivity contribution is 7.14. The van der Waals surface area contributed by atoms with Gasteiger partial charge in [-0.25, -0.2) is 4.98 Å². The van der Waals surface area contributed by atoms with Gasteiger partial charge in [0.05, 0.1) is 20.3 Å². The molecule has 0 aliphatic rings. The van der Waals surface area contributed by atoms with Crippen molar-refractivity contribution in [3.63, 3.8) is 0 Å². The molecule has 2 aromatic heterocycles. The number of benzene rings is 1. The lowest BCUT2D eigenvalue weighted by Crippen LogP contribution is -2.18. The van der Waals surface area contributed by atoms with Crippen LogP contribution < -0.4 is 20.1 Å². The average Bonchev–Trinajstić information content (AvgIpc) is 3.42. The Morgan fingerprint density at radius 2 is 2.03 bits per heavy atom. The van der Waals surface area contributed by atoms with Crippen molar-refractivity contribution in [1.29, 1.82) is 0 Å². The van der Waals surface area contributed by atoms with Crippen LogP contribution in [0, 0.1) is 0 Å². The maximum atomic E-state index is 12.6. The topological polar surface area (TPSA) is 103 Å². The predicted molar refractivity (Wildman–Crippen MR) is 119 cm³/mol. The summed E-state index contributed by atoms with van der Waals surface area (Å²) < 4.78 is 16.8. The number of hydrogen-bond donors (Lipinski definition) is 2. The van der Waals surface area contributed by atoms with Crippen LogP contribution in [0.15, 0.2) is 40.1 Å². The van der Waals surface area contributed by atoms with Gasteiger partial charge >= 0.3 is 0 Å². The van der Waals surface area contributed by atoms with E-state index in [0.717, 1.165) is 12.8 Å². The molecule has 2 heterocycles. The summed E-state index contributed by atoms with van der Waals surface area (Å²) in [6, 6.07) is 8.62. The molecule has 31 heavy (non-hydrogen) atoms. The van der Waals surface area contributed by atoms with E-state index in [0.29, 0.717) is 52.6 Å². The maximum Gasteiger partial charge on any atom is 0.257 e. The van der Waals surface area contributed by atoms with Crippen LogP contribution in [0.2, 0.25) is 0 Å². The second kappa shape index (κ2) is 10.6. The molecule has 2 N–H and O–H groups in total. The van der Waals surface area contributed by atoms with Crippen LogP contribution in [-0.4, -0.2) is 30.5 Å². The third kappa shape index (κ3) is 6.08. The smallest absolute Gasteiger partial charge is 0.257 e. The minimum Gasteiger partial charge on any atom is -0.493 e. The van der Waals surface area contributed by atoms with Gasteiger partial charge < -0.3 is 19.2 Å². The molecule has 164 valence electrons. The Labute approximate surface area is 184 Å². The number of aromatic nitrogens is 1. The van der Waals surface area contributed by atoms with E-state index in [1.807, 2.05) is 0 Å². The second-order valence-corrected chi connectivity index (χ2v) is 7.59. The minimum absolute atomic E-state index is 0.131. The Bertz CT molecular complexity index is 1040. The zero-order chi connectivity index (χ0) is 22.2. The van der Waals surface area contributed by atoms with Gasteiger partial charge in [0, 0.05) is 17.9 Å². The number of unbranched alkanes of at least 4 members (excludes halogenated alkanes) is 1. The first-order valence-corrected chi connectivity index (χ1v) is 10.8. The largest absolute Gasteiger partial charge is 0.493 e. The van der Waals surface area contributed by atoms with Crippen LogP contribution in [0.1, 0.15) is 42.8 Å². The normalized spacial score (nSPS) is 10.5. The van der Waals surface area contributed by atoms with Crippen molar-refractivity contribution in [2.24, 2.45) is 0 Å². The first kappa shape index (κ1) is 22.4. The fraction of sp³-hybridized carbons (Fsp3) is 0.318. The van der Waals surface area contributed by atoms with Crippen LogP contribution >= 0.6 is 11.3 Å². The number of methoxy groups -OCH3 is 1. The molecule has 3 rings (SSSR count). The number of furan rings is 1. The number of thiazole rings is 1. The van der Waals surface area contributed by atoms with E-state index in [-0.39, 0.29) is 11.8 Å². The average molecular weight is 444 g/mol. The molecule has 0 fully saturated rings. The number of nitrogens with zero attached hydrogens (tertiary/aromatic N) is 1. The van der Waals surface area contributed by atoms with E-state index in [1.54, 1.807) is 42.8 Å². The summed E-state index contributed by atoms with van der Waals surface area (Å²) in [5.74, 6) is 1.87. The molecule has 9 heteroatoms. The Morgan fingerprint density at radius 3 is 2.77 bits per heavy atom. The molecular weight excluding hydrogens is 418 g/mol. The van der Waals surface area contributed by atoms with E-state index < -0.39 is 0 Å². The monoisotopic (exact) mass is 443 g/mol. The van der Waals surface area contributed by atoms with E-state index in [2.05, 4.69) is 22.5 Å². The van der Waals surface area contributed by atoms with E-state index in [1.165, 1.54) is 18.3 Å². The molecule has 0 spiro atoms. The van der Waals surface area contributed by atoms with Gasteiger partial charge in [0.15, 0.2) is 22.4 Å². The lowest BCUT2D eigenvalue weighted by atomic mass is 10.2. The van der Waals surface area contributed by atoms with E-state index >= 15 is 0 Å². The van der Waals surface area contributed by atoms with Gasteiger partial charge in [-0.05, 0) is 36.8 Å². The van der Waals surface area contributed by atoms with Gasteiger partial charge in [0.2, 0.25) is 5.91 Å². The van der Waals surface area contributed by atoms with Crippen LogP contribution in [0.5, 0.6) is 11.5 Å². The van der Waals surface area contributed by atoms with Crippen molar-refractivity contribution in [3.05, 3.63) is 47.0 Å². The van der Waals surface area contributed by atoms with Crippen molar-refractivity contribution in [2.45, 2.75) is 33.2 Å². The van der Waals surface area contributed by atoms with Crippen LogP contribution in [0.4, 0.5) is 5.13 Å². The Morgan fingerprint density at radius 1 is 1.19 bits per heavy atom. The zero-order valence-corrected chi connectivity index (χ0v) is 18.5. The molecule has 0 saturated heterocycles. The zero-order valence-electron chi connectivity index (χ0n) is 17.7. The summed E-state index contributed by atoms with van der Waals surface area (Å²) in [6.45, 7) is 4.44. The number of hydrogen-bond acceptors (Lipinski definition) is 7. The number of rotatable bonds is 10. The lowest BCUT2D eigenvalue weighted by Gasteiger charge is -2.11. The van der Waals surface area contributed by atoms with Gasteiger partial charge in [-0.3, -0.25) is 14.9 Å². The third-order valence-corrected chi connectivity index (χ3v) is 5.09. The van der Waals surface area contributed by atoms with Crippen molar-refractivity contribution >= 4 is 28.3 Å². The number of carbonyl (C=O) groups excluding carboxylic acids is 2. The van der Waals surface area contributed by atoms with E-state index in [9.17, 15) is 9.59 Å². The van der Waals surface area contributed by atoms with Crippen LogP contribution in [0.25, 0.3) is 11.5 Å². The van der Waals surface area contributed by atoms with Crippen molar-refractivity contribution in [2.75, 3.05) is 19.0 Å². The highest BCUT2D eigenvalue weighted by atomic mass is 32.1. The predicted octanol–water partition coefficient (Wildman–Crippen LogP) is 4.48. The first-order valence-electron chi connectivity index (χ1n) is 9.91. The molecule has 1 aromatic carbocycles. The summed E-state index contributed by atoms with van der Waals surface area (Å²) in [7, 11) is 1.54. The lowest BCUT2D eigenvalue weighted by molar-refractivity contribution is -0.119. The van der Waals surface area contributed by atoms with Gasteiger partial charge in [-0.15, -0.1) is 11.3 Å². The number of ether oxygens (including phenoxy) is 2. The first-order chi connectivity index (χ1) is 15.0. The van der Waals surface area contributed by atoms with Gasteiger partial charge in [0.25, 0.3) is 5.91 Å². The molecule has 3 aromatic rings. The molecule has 0 aliphatic carbocycles. The van der Waals surface area contributed by atoms with E-state index in [4.69, 9.17) is 13.9 Å². The van der Waals surface area contributed by atoms with Gasteiger partial charge in [-0.2, -0.15) is 0 Å². The molecule has 8 nitrogen and oxygen atoms in total. The molecule has 0 radical (unpaired) electrons. The maximum absolute atomic E-state index is 12.6. The summed E-state index contributed by atoms with van der Waals surface area (Å²) in [4.78, 5) is 28.1. The number of amides is 2. The van der Waals surface area contributed by atoms with Crippen molar-refractivity contribution in [3.8, 4) is 23.0 Å². The molecule has 0 atom stereocenters. The Hall–Kier alpha value is -3.33. The van der Waals surface area contributed by atoms with Crippen LogP contribution in [0.3, 0.4) is 0 Å². The SMILES string of the molecule is CCCCOc1ccc(C(=O)Nc2nc(-c3ccc(CNC(C)=O)o3)cs2)cc1OC. The third-order valence-electron chi connectivity index (χ3n) is 4.33. The molecule has 0 bridgehead atoms. The quantitative estimate of drug-likeness (QED) is 0.448. The molecule has 0 unspecified atom stereocenters. The Balaban J connectivity index is 1.65. The number of nitrogens with one attached hydrogen (secondary N) is 2. The number of carbonyl (C=O) groups is 2. The summed E-state index contributed by atoms with van der Waals surface area (Å²) in [5.41, 5.74) is 1.04. The molecule has 0 saturated carbocycles. The fourth-order valence-corrected chi connectivity index (χ4v) is 3.39. The molecule has 0 aliphatic heterocycles. The Kier molecular flexibility index (Phi) is 7.66. The standard InChI is InChI=1S/C22H25N3O5S/c1-4-5-10-29-19-8-6-15(11-20(19)28-3)21(27)25-22-24-17(13-31-22)18-9-7-16(30-18)12-23-14(2)26/h6-9,11,13H,4-5,10,12H2,1-3H3,(H,23,26)(H,24,25,27). The second-order valence-electron chi connectivity index (χ2n) is 6.74. The minimum atomic E-state index is -0.301. The van der Waals surface area contributed by atoms with Crippen molar-refractivity contribution in [1.82, 2.24) is 10.3 Å². The highest BCUT2D eigenvalue weighted by Crippen LogP contribution is 2.30. The molecule has 2 amide bonds. The highest BCUT2D eigenvalue weighted by Gasteiger charge is 2.15.